The number of carbonyl (C=O) groups excluding carboxylic acids is 1. The van der Waals surface area contributed by atoms with E-state index in [1.54, 1.807) is 17.0 Å². The summed E-state index contributed by atoms with van der Waals surface area (Å²) in [5, 5.41) is 1.90. The largest absolute Gasteiger partial charge is 0.490 e. The van der Waals surface area contributed by atoms with Crippen molar-refractivity contribution in [3.63, 3.8) is 0 Å². The van der Waals surface area contributed by atoms with Gasteiger partial charge in [0.25, 0.3) is 5.91 Å². The molecule has 1 saturated heterocycles. The van der Waals surface area contributed by atoms with Crippen molar-refractivity contribution >= 4 is 27.3 Å². The number of nitrogens with one attached hydrogen (secondary N) is 1. The zero-order valence-corrected chi connectivity index (χ0v) is 20.4. The van der Waals surface area contributed by atoms with Crippen LogP contribution in [0.2, 0.25) is 0 Å². The van der Waals surface area contributed by atoms with E-state index in [1.807, 2.05) is 29.6 Å². The van der Waals surface area contributed by atoms with Crippen LogP contribution < -0.4 is 9.46 Å². The minimum atomic E-state index is -3.71. The van der Waals surface area contributed by atoms with Gasteiger partial charge in [-0.2, -0.15) is 0 Å². The van der Waals surface area contributed by atoms with Crippen molar-refractivity contribution < 1.29 is 17.9 Å². The van der Waals surface area contributed by atoms with Crippen LogP contribution in [0.25, 0.3) is 0 Å². The van der Waals surface area contributed by atoms with Crippen LogP contribution in [0.1, 0.15) is 39.2 Å². The van der Waals surface area contributed by atoms with Crippen LogP contribution in [-0.4, -0.2) is 38.4 Å². The quantitative estimate of drug-likeness (QED) is 0.535. The second-order valence-corrected chi connectivity index (χ2v) is 11.1. The molecule has 1 N–H and O–H groups in total. The maximum atomic E-state index is 13.0. The number of ether oxygens (including phenoxy) is 1. The van der Waals surface area contributed by atoms with Crippen LogP contribution in [0.15, 0.2) is 64.9 Å². The van der Waals surface area contributed by atoms with Gasteiger partial charge in [-0.1, -0.05) is 18.2 Å². The number of carbonyl (C=O) groups is 1. The van der Waals surface area contributed by atoms with Gasteiger partial charge in [-0.15, -0.1) is 11.3 Å². The lowest BCUT2D eigenvalue weighted by molar-refractivity contribution is 0.0595. The number of sulfonamides is 1. The van der Waals surface area contributed by atoms with Crippen LogP contribution >= 0.6 is 11.3 Å². The molecule has 0 radical (unpaired) electrons. The smallest absolute Gasteiger partial charge is 0.253 e. The molecule has 4 rings (SSSR count). The van der Waals surface area contributed by atoms with Gasteiger partial charge in [0.2, 0.25) is 10.0 Å². The molecule has 0 aliphatic carbocycles. The normalized spacial score (nSPS) is 14.9. The monoisotopic (exact) mass is 484 g/mol. The maximum Gasteiger partial charge on any atom is 0.253 e. The predicted molar refractivity (Wildman–Crippen MR) is 130 cm³/mol. The molecule has 0 atom stereocenters. The fourth-order valence-corrected chi connectivity index (χ4v) is 5.59. The van der Waals surface area contributed by atoms with Gasteiger partial charge in [0.15, 0.2) is 0 Å². The fraction of sp³-hybridized carbons (Fsp3) is 0.320. The highest BCUT2D eigenvalue weighted by atomic mass is 32.2. The van der Waals surface area contributed by atoms with Crippen molar-refractivity contribution in [2.45, 2.75) is 44.2 Å². The minimum absolute atomic E-state index is 0.0596. The molecule has 0 saturated carbocycles. The number of likely N-dealkylation sites (tertiary alicyclic amines) is 1. The number of nitrogens with zero attached hydrogens (tertiary/aromatic N) is 1. The van der Waals surface area contributed by atoms with Gasteiger partial charge in [-0.05, 0) is 66.8 Å². The van der Waals surface area contributed by atoms with E-state index >= 15 is 0 Å². The zero-order chi connectivity index (χ0) is 23.4. The Morgan fingerprint density at radius 2 is 1.85 bits per heavy atom. The van der Waals surface area contributed by atoms with Crippen molar-refractivity contribution in [2.75, 3.05) is 13.1 Å². The molecule has 33 heavy (non-hydrogen) atoms. The standard InChI is InChI=1S/C25H28N2O4S2/c1-18-8-9-22(15-19(18)2)31-21-10-12-27(13-11-21)25(28)20-5-3-7-24(16-20)33(29,30)26-17-23-6-4-14-32-23/h3-9,14-16,21,26H,10-13,17H2,1-2H3. The summed E-state index contributed by atoms with van der Waals surface area (Å²) in [5.41, 5.74) is 2.80. The van der Waals surface area contributed by atoms with Crippen LogP contribution in [0.5, 0.6) is 5.75 Å². The molecular weight excluding hydrogens is 456 g/mol. The highest BCUT2D eigenvalue weighted by Gasteiger charge is 2.26. The van der Waals surface area contributed by atoms with E-state index in [2.05, 4.69) is 24.6 Å². The minimum Gasteiger partial charge on any atom is -0.490 e. The molecule has 0 bridgehead atoms. The van der Waals surface area contributed by atoms with Crippen molar-refractivity contribution in [1.82, 2.24) is 9.62 Å². The first-order valence-electron chi connectivity index (χ1n) is 11.0. The first-order chi connectivity index (χ1) is 15.8. The average Bonchev–Trinajstić information content (AvgIpc) is 3.34. The number of thiophene rings is 1. The van der Waals surface area contributed by atoms with Crippen molar-refractivity contribution in [1.29, 1.82) is 0 Å². The summed E-state index contributed by atoms with van der Waals surface area (Å²) >= 11 is 1.49. The second kappa shape index (κ2) is 10.1. The van der Waals surface area contributed by atoms with Gasteiger partial charge < -0.3 is 9.64 Å². The second-order valence-electron chi connectivity index (χ2n) is 8.29. The summed E-state index contributed by atoms with van der Waals surface area (Å²) in [4.78, 5) is 15.8. The summed E-state index contributed by atoms with van der Waals surface area (Å²) in [5.74, 6) is 0.700. The molecule has 1 fully saturated rings. The lowest BCUT2D eigenvalue weighted by Crippen LogP contribution is -2.41. The molecule has 1 amide bonds. The molecule has 1 aromatic heterocycles. The molecule has 1 aliphatic heterocycles. The van der Waals surface area contributed by atoms with Gasteiger partial charge in [0, 0.05) is 42.9 Å². The summed E-state index contributed by atoms with van der Waals surface area (Å²) < 4.78 is 34.1. The van der Waals surface area contributed by atoms with Gasteiger partial charge in [0.05, 0.1) is 4.90 Å². The Labute approximate surface area is 199 Å². The third kappa shape index (κ3) is 5.82. The first kappa shape index (κ1) is 23.5. The summed E-state index contributed by atoms with van der Waals surface area (Å²) in [6.07, 6.45) is 1.53. The molecule has 174 valence electrons. The Morgan fingerprint density at radius 3 is 2.55 bits per heavy atom. The van der Waals surface area contributed by atoms with Gasteiger partial charge >= 0.3 is 0 Å². The number of hydrogen-bond donors (Lipinski definition) is 1. The number of hydrogen-bond acceptors (Lipinski definition) is 5. The molecule has 2 aromatic carbocycles. The molecular formula is C25H28N2O4S2. The Balaban J connectivity index is 1.36. The zero-order valence-electron chi connectivity index (χ0n) is 18.8. The van der Waals surface area contributed by atoms with Crippen molar-refractivity contribution in [3.8, 4) is 5.75 Å². The highest BCUT2D eigenvalue weighted by molar-refractivity contribution is 7.89. The van der Waals surface area contributed by atoms with E-state index < -0.39 is 10.0 Å². The van der Waals surface area contributed by atoms with Crippen LogP contribution in [-0.2, 0) is 16.6 Å². The SMILES string of the molecule is Cc1ccc(OC2CCN(C(=O)c3cccc(S(=O)(=O)NCc4cccs4)c3)CC2)cc1C. The third-order valence-corrected chi connectivity index (χ3v) is 8.19. The van der Waals surface area contributed by atoms with Gasteiger partial charge in [0.1, 0.15) is 11.9 Å². The van der Waals surface area contributed by atoms with Crippen LogP contribution in [0.3, 0.4) is 0 Å². The number of piperidine rings is 1. The van der Waals surface area contributed by atoms with E-state index in [0.29, 0.717) is 18.7 Å². The summed E-state index contributed by atoms with van der Waals surface area (Å²) in [6.45, 7) is 5.51. The molecule has 6 nitrogen and oxygen atoms in total. The maximum absolute atomic E-state index is 13.0. The Hall–Kier alpha value is -2.68. The van der Waals surface area contributed by atoms with E-state index in [4.69, 9.17) is 4.74 Å². The van der Waals surface area contributed by atoms with Crippen LogP contribution in [0, 0.1) is 13.8 Å². The van der Waals surface area contributed by atoms with E-state index in [1.165, 1.54) is 34.6 Å². The van der Waals surface area contributed by atoms with Crippen LogP contribution in [0.4, 0.5) is 0 Å². The lowest BCUT2D eigenvalue weighted by Gasteiger charge is -2.32. The molecule has 0 spiro atoms. The van der Waals surface area contributed by atoms with Crippen molar-refractivity contribution in [2.24, 2.45) is 0 Å². The number of benzene rings is 2. The number of rotatable bonds is 7. The summed E-state index contributed by atoms with van der Waals surface area (Å²) in [7, 11) is -3.71. The van der Waals surface area contributed by atoms with E-state index in [-0.39, 0.29) is 23.5 Å². The third-order valence-electron chi connectivity index (χ3n) is 5.92. The number of aryl methyl sites for hydroxylation is 2. The van der Waals surface area contributed by atoms with Gasteiger partial charge in [-0.25, -0.2) is 13.1 Å². The Bertz CT molecular complexity index is 1210. The topological polar surface area (TPSA) is 75.7 Å². The molecule has 8 heteroatoms. The highest BCUT2D eigenvalue weighted by Crippen LogP contribution is 2.23. The molecule has 1 aliphatic rings. The molecule has 3 aromatic rings. The predicted octanol–water partition coefficient (Wildman–Crippen LogP) is 4.53. The van der Waals surface area contributed by atoms with E-state index in [9.17, 15) is 13.2 Å². The number of amides is 1. The van der Waals surface area contributed by atoms with Gasteiger partial charge in [-0.3, -0.25) is 4.79 Å². The first-order valence-corrected chi connectivity index (χ1v) is 13.3. The van der Waals surface area contributed by atoms with Crippen molar-refractivity contribution in [3.05, 3.63) is 81.5 Å². The Morgan fingerprint density at radius 1 is 1.06 bits per heavy atom. The lowest BCUT2D eigenvalue weighted by atomic mass is 10.1. The van der Waals surface area contributed by atoms with E-state index in [0.717, 1.165) is 23.5 Å². The summed E-state index contributed by atoms with van der Waals surface area (Å²) in [6, 6.07) is 16.1. The fourth-order valence-electron chi connectivity index (χ4n) is 3.80. The average molecular weight is 485 g/mol. The molecule has 2 heterocycles. The molecule has 0 unspecified atom stereocenters. The Kier molecular flexibility index (Phi) is 7.17.